The normalized spacial score (nSPS) is 12.6. The van der Waals surface area contributed by atoms with Gasteiger partial charge in [0.15, 0.2) is 0 Å². The van der Waals surface area contributed by atoms with E-state index in [1.807, 2.05) is 43.3 Å². The van der Waals surface area contributed by atoms with Crippen LogP contribution in [0.25, 0.3) is 10.8 Å². The summed E-state index contributed by atoms with van der Waals surface area (Å²) < 4.78 is 14.3. The zero-order valence-corrected chi connectivity index (χ0v) is 12.1. The molecule has 0 aliphatic carbocycles. The van der Waals surface area contributed by atoms with E-state index in [1.54, 1.807) is 25.1 Å². The molecule has 21 heavy (non-hydrogen) atoms. The quantitative estimate of drug-likeness (QED) is 0.722. The lowest BCUT2D eigenvalue weighted by atomic mass is 9.91. The van der Waals surface area contributed by atoms with E-state index in [-0.39, 0.29) is 5.82 Å². The largest absolute Gasteiger partial charge is 0.384 e. The molecule has 0 fully saturated rings. The van der Waals surface area contributed by atoms with Gasteiger partial charge >= 0.3 is 0 Å². The fourth-order valence-electron chi connectivity index (χ4n) is 2.80. The van der Waals surface area contributed by atoms with Crippen LogP contribution in [0.2, 0.25) is 0 Å². The minimum absolute atomic E-state index is 0.328. The van der Waals surface area contributed by atoms with Crippen LogP contribution in [0.1, 0.15) is 28.4 Å². The number of halogens is 1. The molecule has 3 aromatic rings. The Hall–Kier alpha value is -2.19. The number of benzene rings is 3. The van der Waals surface area contributed by atoms with Gasteiger partial charge in [-0.05, 0) is 41.3 Å². The molecule has 1 atom stereocenters. The molecule has 0 saturated carbocycles. The van der Waals surface area contributed by atoms with Crippen molar-refractivity contribution in [1.29, 1.82) is 0 Å². The van der Waals surface area contributed by atoms with Crippen LogP contribution in [-0.2, 0) is 0 Å². The fraction of sp³-hybridized carbons (Fsp3) is 0.158. The summed E-state index contributed by atoms with van der Waals surface area (Å²) in [6.07, 6.45) is -0.962. The minimum Gasteiger partial charge on any atom is -0.384 e. The zero-order valence-electron chi connectivity index (χ0n) is 12.1. The summed E-state index contributed by atoms with van der Waals surface area (Å²) in [6.45, 7) is 3.65. The number of aliphatic hydroxyl groups is 1. The first-order valence-corrected chi connectivity index (χ1v) is 7.01. The predicted octanol–water partition coefficient (Wildman–Crippen LogP) is 4.68. The first kappa shape index (κ1) is 13.8. The van der Waals surface area contributed by atoms with Gasteiger partial charge in [0, 0.05) is 5.56 Å². The summed E-state index contributed by atoms with van der Waals surface area (Å²) in [5.41, 5.74) is 2.61. The molecule has 0 heterocycles. The second kappa shape index (κ2) is 5.30. The van der Waals surface area contributed by atoms with Gasteiger partial charge in [0.1, 0.15) is 11.9 Å². The van der Waals surface area contributed by atoms with Crippen LogP contribution < -0.4 is 0 Å². The SMILES string of the molecule is Cc1cccc(C(O)c2c(C)ccc3ccccc23)c1F. The van der Waals surface area contributed by atoms with Crippen molar-refractivity contribution in [2.24, 2.45) is 0 Å². The topological polar surface area (TPSA) is 20.2 Å². The van der Waals surface area contributed by atoms with E-state index in [0.717, 1.165) is 21.9 Å². The molecule has 1 nitrogen and oxygen atoms in total. The molecule has 0 saturated heterocycles. The van der Waals surface area contributed by atoms with Crippen LogP contribution in [-0.4, -0.2) is 5.11 Å². The first-order chi connectivity index (χ1) is 10.1. The Balaban J connectivity index is 2.24. The molecule has 0 aromatic heterocycles. The average Bonchev–Trinajstić information content (AvgIpc) is 2.49. The van der Waals surface area contributed by atoms with Gasteiger partial charge in [0.05, 0.1) is 0 Å². The zero-order chi connectivity index (χ0) is 15.0. The highest BCUT2D eigenvalue weighted by Gasteiger charge is 2.20. The van der Waals surface area contributed by atoms with Crippen LogP contribution in [0.3, 0.4) is 0 Å². The Morgan fingerprint density at radius 3 is 2.43 bits per heavy atom. The molecule has 3 rings (SSSR count). The Bertz CT molecular complexity index is 808. The molecular weight excluding hydrogens is 263 g/mol. The standard InChI is InChI=1S/C19H17FO/c1-12-10-11-14-7-3-4-8-15(14)17(12)19(21)16-9-5-6-13(2)18(16)20/h3-11,19,21H,1-2H3. The van der Waals surface area contributed by atoms with Gasteiger partial charge in [-0.2, -0.15) is 0 Å². The maximum atomic E-state index is 14.3. The summed E-state index contributed by atoms with van der Waals surface area (Å²) in [5.74, 6) is -0.336. The van der Waals surface area contributed by atoms with Crippen molar-refractivity contribution in [1.82, 2.24) is 0 Å². The molecule has 0 spiro atoms. The minimum atomic E-state index is -0.962. The van der Waals surface area contributed by atoms with Gasteiger partial charge in [0.2, 0.25) is 0 Å². The Kier molecular flexibility index (Phi) is 3.48. The smallest absolute Gasteiger partial charge is 0.132 e. The van der Waals surface area contributed by atoms with Gasteiger partial charge in [0.25, 0.3) is 0 Å². The number of aryl methyl sites for hydroxylation is 2. The number of aliphatic hydroxyl groups excluding tert-OH is 1. The maximum absolute atomic E-state index is 14.3. The molecule has 106 valence electrons. The summed E-state index contributed by atoms with van der Waals surface area (Å²) >= 11 is 0. The van der Waals surface area contributed by atoms with Crippen LogP contribution in [0, 0.1) is 19.7 Å². The van der Waals surface area contributed by atoms with Crippen molar-refractivity contribution in [3.05, 3.63) is 82.7 Å². The number of hydrogen-bond donors (Lipinski definition) is 1. The van der Waals surface area contributed by atoms with Crippen molar-refractivity contribution in [3.8, 4) is 0 Å². The highest BCUT2D eigenvalue weighted by atomic mass is 19.1. The van der Waals surface area contributed by atoms with Crippen LogP contribution >= 0.6 is 0 Å². The molecule has 0 aliphatic heterocycles. The molecule has 2 heteroatoms. The third-order valence-corrected chi connectivity index (χ3v) is 3.98. The second-order valence-corrected chi connectivity index (χ2v) is 5.40. The molecule has 1 N–H and O–H groups in total. The van der Waals surface area contributed by atoms with Gasteiger partial charge in [-0.15, -0.1) is 0 Å². The van der Waals surface area contributed by atoms with Crippen molar-refractivity contribution in [2.45, 2.75) is 20.0 Å². The van der Waals surface area contributed by atoms with Gasteiger partial charge in [-0.3, -0.25) is 0 Å². The van der Waals surface area contributed by atoms with Gasteiger partial charge in [-0.25, -0.2) is 4.39 Å². The predicted molar refractivity (Wildman–Crippen MR) is 83.9 cm³/mol. The molecule has 0 bridgehead atoms. The average molecular weight is 280 g/mol. The highest BCUT2D eigenvalue weighted by molar-refractivity contribution is 5.87. The van der Waals surface area contributed by atoms with Crippen molar-refractivity contribution in [3.63, 3.8) is 0 Å². The first-order valence-electron chi connectivity index (χ1n) is 7.01. The second-order valence-electron chi connectivity index (χ2n) is 5.40. The lowest BCUT2D eigenvalue weighted by Gasteiger charge is -2.18. The van der Waals surface area contributed by atoms with E-state index >= 15 is 0 Å². The fourth-order valence-corrected chi connectivity index (χ4v) is 2.80. The number of rotatable bonds is 2. The summed E-state index contributed by atoms with van der Waals surface area (Å²) in [5, 5.41) is 12.7. The molecular formula is C19H17FO. The number of fused-ring (bicyclic) bond motifs is 1. The molecule has 3 aromatic carbocycles. The van der Waals surface area contributed by atoms with E-state index in [0.29, 0.717) is 11.1 Å². The van der Waals surface area contributed by atoms with Crippen molar-refractivity contribution in [2.75, 3.05) is 0 Å². The lowest BCUT2D eigenvalue weighted by Crippen LogP contribution is -2.06. The van der Waals surface area contributed by atoms with Crippen molar-refractivity contribution < 1.29 is 9.50 Å². The summed E-state index contributed by atoms with van der Waals surface area (Å²) in [6, 6.07) is 17.0. The molecule has 1 unspecified atom stereocenters. The van der Waals surface area contributed by atoms with Crippen LogP contribution in [0.5, 0.6) is 0 Å². The van der Waals surface area contributed by atoms with Crippen LogP contribution in [0.4, 0.5) is 4.39 Å². The van der Waals surface area contributed by atoms with E-state index < -0.39 is 6.10 Å². The highest BCUT2D eigenvalue weighted by Crippen LogP contribution is 2.33. The van der Waals surface area contributed by atoms with E-state index in [9.17, 15) is 9.50 Å². The lowest BCUT2D eigenvalue weighted by molar-refractivity contribution is 0.215. The summed E-state index contributed by atoms with van der Waals surface area (Å²) in [7, 11) is 0. The van der Waals surface area contributed by atoms with Gasteiger partial charge < -0.3 is 5.11 Å². The van der Waals surface area contributed by atoms with Crippen molar-refractivity contribution >= 4 is 10.8 Å². The third kappa shape index (κ3) is 2.32. The van der Waals surface area contributed by atoms with E-state index in [2.05, 4.69) is 0 Å². The molecule has 0 radical (unpaired) electrons. The van der Waals surface area contributed by atoms with Gasteiger partial charge in [-0.1, -0.05) is 54.6 Å². The third-order valence-electron chi connectivity index (χ3n) is 3.98. The maximum Gasteiger partial charge on any atom is 0.132 e. The monoisotopic (exact) mass is 280 g/mol. The van der Waals surface area contributed by atoms with E-state index in [4.69, 9.17) is 0 Å². The molecule has 0 amide bonds. The van der Waals surface area contributed by atoms with Crippen LogP contribution in [0.15, 0.2) is 54.6 Å². The Morgan fingerprint density at radius 1 is 0.857 bits per heavy atom. The summed E-state index contributed by atoms with van der Waals surface area (Å²) in [4.78, 5) is 0. The Labute approximate surface area is 123 Å². The number of hydrogen-bond acceptors (Lipinski definition) is 1. The molecule has 0 aliphatic rings. The Morgan fingerprint density at radius 2 is 1.62 bits per heavy atom. The van der Waals surface area contributed by atoms with E-state index in [1.165, 1.54) is 0 Å².